The zero-order valence-electron chi connectivity index (χ0n) is 19.9. The van der Waals surface area contributed by atoms with Crippen LogP contribution in [0.25, 0.3) is 0 Å². The fourth-order valence-electron chi connectivity index (χ4n) is 3.32. The fourth-order valence-corrected chi connectivity index (χ4v) is 3.32. The van der Waals surface area contributed by atoms with Crippen molar-refractivity contribution in [3.05, 3.63) is 0 Å². The molecule has 0 aliphatic heterocycles. The molecule has 0 aromatic heterocycles. The van der Waals surface area contributed by atoms with Gasteiger partial charge in [0.2, 0.25) is 0 Å². The highest BCUT2D eigenvalue weighted by atomic mass is 16.6. The summed E-state index contributed by atoms with van der Waals surface area (Å²) in [6, 6.07) is 0. The monoisotopic (exact) mass is 458 g/mol. The minimum atomic E-state index is -1.65. The fraction of sp³-hybridized carbons (Fsp3) is 0.833. The van der Waals surface area contributed by atoms with Crippen LogP contribution >= 0.6 is 0 Å². The van der Waals surface area contributed by atoms with Gasteiger partial charge < -0.3 is 19.7 Å². The molecule has 0 atom stereocenters. The third kappa shape index (κ3) is 14.8. The number of esters is 2. The Balaban J connectivity index is 4.79. The smallest absolute Gasteiger partial charge is 0.316 e. The van der Waals surface area contributed by atoms with Crippen molar-refractivity contribution in [2.45, 2.75) is 110 Å². The molecular weight excluding hydrogens is 416 g/mol. The number of carbonyl (C=O) groups is 4. The zero-order chi connectivity index (χ0) is 24.2. The summed E-state index contributed by atoms with van der Waals surface area (Å²) in [5.74, 6) is -3.30. The summed E-state index contributed by atoms with van der Waals surface area (Å²) in [6.07, 6.45) is 9.81. The first-order valence-corrected chi connectivity index (χ1v) is 12.0. The van der Waals surface area contributed by atoms with E-state index < -0.39 is 42.5 Å². The van der Waals surface area contributed by atoms with Crippen LogP contribution in [0, 0.1) is 5.41 Å². The molecule has 8 nitrogen and oxygen atoms in total. The molecule has 0 rings (SSSR count). The minimum absolute atomic E-state index is 0.0673. The third-order valence-electron chi connectivity index (χ3n) is 5.49. The molecule has 2 N–H and O–H groups in total. The lowest BCUT2D eigenvalue weighted by molar-refractivity contribution is -0.168. The topological polar surface area (TPSA) is 127 Å². The van der Waals surface area contributed by atoms with Gasteiger partial charge in [0.05, 0.1) is 0 Å². The predicted molar refractivity (Wildman–Crippen MR) is 120 cm³/mol. The van der Waals surface area contributed by atoms with Gasteiger partial charge in [-0.2, -0.15) is 0 Å². The van der Waals surface area contributed by atoms with Crippen molar-refractivity contribution < 1.29 is 38.9 Å². The normalized spacial score (nSPS) is 11.2. The quantitative estimate of drug-likeness (QED) is 0.179. The van der Waals surface area contributed by atoms with Gasteiger partial charge in [0, 0.05) is 19.3 Å². The van der Waals surface area contributed by atoms with Crippen LogP contribution in [0.15, 0.2) is 0 Å². The molecular formula is C24H42O8. The summed E-state index contributed by atoms with van der Waals surface area (Å²) in [5.41, 5.74) is -1.65. The van der Waals surface area contributed by atoms with Crippen LogP contribution in [-0.2, 0) is 28.7 Å². The molecule has 0 aromatic carbocycles. The molecule has 0 radical (unpaired) electrons. The number of aliphatic carboxylic acids is 2. The molecule has 0 heterocycles. The maximum Gasteiger partial charge on any atom is 0.316 e. The van der Waals surface area contributed by atoms with Crippen LogP contribution in [0.4, 0.5) is 0 Å². The number of rotatable bonds is 21. The average molecular weight is 459 g/mol. The van der Waals surface area contributed by atoms with Crippen molar-refractivity contribution in [2.75, 3.05) is 13.2 Å². The van der Waals surface area contributed by atoms with Crippen LogP contribution in [0.3, 0.4) is 0 Å². The predicted octanol–water partition coefficient (Wildman–Crippen LogP) is 5.12. The van der Waals surface area contributed by atoms with Gasteiger partial charge >= 0.3 is 23.9 Å². The first kappa shape index (κ1) is 29.9. The number of hydrogen-bond acceptors (Lipinski definition) is 6. The summed E-state index contributed by atoms with van der Waals surface area (Å²) < 4.78 is 10.5. The molecule has 0 fully saturated rings. The van der Waals surface area contributed by atoms with Gasteiger partial charge in [-0.25, -0.2) is 0 Å². The lowest BCUT2D eigenvalue weighted by atomic mass is 9.84. The van der Waals surface area contributed by atoms with Crippen molar-refractivity contribution in [2.24, 2.45) is 5.41 Å². The van der Waals surface area contributed by atoms with Crippen molar-refractivity contribution in [1.82, 2.24) is 0 Å². The summed E-state index contributed by atoms with van der Waals surface area (Å²) in [5, 5.41) is 18.7. The highest BCUT2D eigenvalue weighted by Gasteiger charge is 2.41. The largest absolute Gasteiger partial charge is 0.481 e. The average Bonchev–Trinajstić information content (AvgIpc) is 2.74. The second kappa shape index (κ2) is 18.5. The Bertz CT molecular complexity index is 528. The van der Waals surface area contributed by atoms with Gasteiger partial charge in [-0.05, 0) is 25.7 Å². The number of carboxylic acids is 2. The Morgan fingerprint density at radius 2 is 1.06 bits per heavy atom. The highest BCUT2D eigenvalue weighted by Crippen LogP contribution is 2.28. The molecule has 0 bridgehead atoms. The zero-order valence-corrected chi connectivity index (χ0v) is 19.9. The lowest BCUT2D eigenvalue weighted by Gasteiger charge is -2.28. The second-order valence-corrected chi connectivity index (χ2v) is 8.48. The Morgan fingerprint density at radius 1 is 0.625 bits per heavy atom. The van der Waals surface area contributed by atoms with Crippen molar-refractivity contribution in [3.8, 4) is 0 Å². The number of hydrogen-bond donors (Lipinski definition) is 2. The number of carboxylic acid groups (broad SMARTS) is 2. The molecule has 0 aliphatic carbocycles. The summed E-state index contributed by atoms with van der Waals surface area (Å²) >= 11 is 0. The summed E-state index contributed by atoms with van der Waals surface area (Å²) in [6.45, 7) is 3.31. The van der Waals surface area contributed by atoms with E-state index in [-0.39, 0.29) is 32.1 Å². The Hall–Kier alpha value is -2.12. The Kier molecular flexibility index (Phi) is 17.2. The second-order valence-electron chi connectivity index (χ2n) is 8.48. The number of ether oxygens (including phenoxy) is 2. The van der Waals surface area contributed by atoms with E-state index in [1.54, 1.807) is 0 Å². The van der Waals surface area contributed by atoms with Crippen molar-refractivity contribution >= 4 is 23.9 Å². The molecule has 8 heteroatoms. The lowest BCUT2D eigenvalue weighted by Crippen LogP contribution is -2.42. The van der Waals surface area contributed by atoms with Crippen molar-refractivity contribution in [1.29, 1.82) is 0 Å². The Morgan fingerprint density at radius 3 is 1.44 bits per heavy atom. The standard InChI is InChI=1S/C24H42O8/c1-3-5-7-9-11-15-21(27)31-18-24(23(29)30,17-13-14-20(25)26)19-32-22(28)16-12-10-8-6-4-2/h3-19H2,1-2H3,(H,25,26)(H,29,30). The molecule has 0 unspecified atom stereocenters. The number of carbonyl (C=O) groups excluding carboxylic acids is 2. The van der Waals surface area contributed by atoms with E-state index in [2.05, 4.69) is 13.8 Å². The molecule has 0 aliphatic rings. The third-order valence-corrected chi connectivity index (χ3v) is 5.49. The first-order valence-electron chi connectivity index (χ1n) is 12.0. The van der Waals surface area contributed by atoms with Crippen LogP contribution in [-0.4, -0.2) is 47.3 Å². The van der Waals surface area contributed by atoms with Gasteiger partial charge in [-0.3, -0.25) is 19.2 Å². The van der Waals surface area contributed by atoms with Crippen molar-refractivity contribution in [3.63, 3.8) is 0 Å². The van der Waals surface area contributed by atoms with E-state index in [0.717, 1.165) is 51.4 Å². The van der Waals surface area contributed by atoms with E-state index in [1.807, 2.05) is 0 Å². The minimum Gasteiger partial charge on any atom is -0.481 e. The number of unbranched alkanes of at least 4 members (excludes halogenated alkanes) is 8. The van der Waals surface area contributed by atoms with E-state index in [4.69, 9.17) is 14.6 Å². The maximum absolute atomic E-state index is 12.1. The molecule has 0 saturated heterocycles. The summed E-state index contributed by atoms with van der Waals surface area (Å²) in [7, 11) is 0. The highest BCUT2D eigenvalue weighted by molar-refractivity contribution is 5.77. The molecule has 186 valence electrons. The van der Waals surface area contributed by atoms with Gasteiger partial charge in [0.1, 0.15) is 18.6 Å². The van der Waals surface area contributed by atoms with Gasteiger partial charge in [0.25, 0.3) is 0 Å². The van der Waals surface area contributed by atoms with E-state index in [0.29, 0.717) is 12.8 Å². The molecule has 32 heavy (non-hydrogen) atoms. The summed E-state index contributed by atoms with van der Waals surface area (Å²) in [4.78, 5) is 47.1. The molecule has 0 aromatic rings. The molecule has 0 saturated carbocycles. The van der Waals surface area contributed by atoms with E-state index in [1.165, 1.54) is 0 Å². The van der Waals surface area contributed by atoms with Crippen LogP contribution < -0.4 is 0 Å². The maximum atomic E-state index is 12.1. The van der Waals surface area contributed by atoms with Crippen LogP contribution in [0.2, 0.25) is 0 Å². The molecule has 0 spiro atoms. The first-order chi connectivity index (χ1) is 15.3. The van der Waals surface area contributed by atoms with E-state index in [9.17, 15) is 24.3 Å². The van der Waals surface area contributed by atoms with Gasteiger partial charge in [0.15, 0.2) is 0 Å². The SMILES string of the molecule is CCCCCCCC(=O)OCC(CCCC(=O)O)(COC(=O)CCCCCCC)C(=O)O. The van der Waals surface area contributed by atoms with Crippen LogP contribution in [0.5, 0.6) is 0 Å². The van der Waals surface area contributed by atoms with Gasteiger partial charge in [-0.1, -0.05) is 65.2 Å². The van der Waals surface area contributed by atoms with Gasteiger partial charge in [-0.15, -0.1) is 0 Å². The van der Waals surface area contributed by atoms with Crippen LogP contribution in [0.1, 0.15) is 110 Å². The Labute approximate surface area is 192 Å². The van der Waals surface area contributed by atoms with E-state index >= 15 is 0 Å². The molecule has 0 amide bonds.